The Morgan fingerprint density at radius 3 is 2.61 bits per heavy atom. The summed E-state index contributed by atoms with van der Waals surface area (Å²) in [6.45, 7) is 4.08. The van der Waals surface area contributed by atoms with Crippen LogP contribution < -0.4 is 10.1 Å². The number of aryl methyl sites for hydroxylation is 2. The third-order valence-corrected chi connectivity index (χ3v) is 5.53. The van der Waals surface area contributed by atoms with Crippen molar-refractivity contribution in [2.45, 2.75) is 20.5 Å². The van der Waals surface area contributed by atoms with E-state index in [0.717, 1.165) is 11.1 Å². The van der Waals surface area contributed by atoms with Crippen molar-refractivity contribution < 1.29 is 14.5 Å². The summed E-state index contributed by atoms with van der Waals surface area (Å²) in [5.41, 5.74) is 4.03. The van der Waals surface area contributed by atoms with E-state index in [-0.39, 0.29) is 17.9 Å². The molecule has 33 heavy (non-hydrogen) atoms. The van der Waals surface area contributed by atoms with Gasteiger partial charge < -0.3 is 10.1 Å². The molecule has 0 heterocycles. The van der Waals surface area contributed by atoms with Crippen LogP contribution in [0.2, 0.25) is 0 Å². The van der Waals surface area contributed by atoms with Crippen LogP contribution in [-0.2, 0) is 11.4 Å². The lowest BCUT2D eigenvalue weighted by atomic mass is 10.1. The van der Waals surface area contributed by atoms with Crippen molar-refractivity contribution in [1.82, 2.24) is 0 Å². The van der Waals surface area contributed by atoms with Gasteiger partial charge in [-0.1, -0.05) is 24.3 Å². The number of halogens is 1. The third kappa shape index (κ3) is 6.28. The van der Waals surface area contributed by atoms with E-state index in [1.54, 1.807) is 36.4 Å². The van der Waals surface area contributed by atoms with Gasteiger partial charge >= 0.3 is 0 Å². The molecule has 3 aromatic carbocycles. The molecule has 0 saturated carbocycles. The number of nitrogens with zero attached hydrogens (tertiary/aromatic N) is 2. The number of carbonyl (C=O) groups is 1. The van der Waals surface area contributed by atoms with Crippen molar-refractivity contribution in [2.24, 2.45) is 0 Å². The zero-order valence-corrected chi connectivity index (χ0v) is 19.5. The van der Waals surface area contributed by atoms with Crippen LogP contribution in [0, 0.1) is 35.3 Å². The minimum Gasteiger partial charge on any atom is -0.488 e. The zero-order chi connectivity index (χ0) is 24.0. The molecule has 166 valence electrons. The summed E-state index contributed by atoms with van der Waals surface area (Å²) >= 11 is 3.43. The Labute approximate surface area is 199 Å². The normalized spacial score (nSPS) is 10.9. The maximum Gasteiger partial charge on any atom is 0.269 e. The molecule has 0 radical (unpaired) electrons. The number of nitro groups is 1. The van der Waals surface area contributed by atoms with Crippen LogP contribution in [0.4, 0.5) is 11.4 Å². The van der Waals surface area contributed by atoms with E-state index in [2.05, 4.69) is 21.2 Å². The fourth-order valence-electron chi connectivity index (χ4n) is 2.98. The van der Waals surface area contributed by atoms with Crippen molar-refractivity contribution in [3.8, 4) is 11.8 Å². The highest BCUT2D eigenvalue weighted by Crippen LogP contribution is 2.28. The van der Waals surface area contributed by atoms with Gasteiger partial charge in [0.1, 0.15) is 24.0 Å². The first-order valence-corrected chi connectivity index (χ1v) is 10.7. The fraction of sp³-hybridized carbons (Fsp3) is 0.120. The quantitative estimate of drug-likeness (QED) is 0.181. The van der Waals surface area contributed by atoms with Crippen LogP contribution in [0.25, 0.3) is 6.08 Å². The van der Waals surface area contributed by atoms with Crippen molar-refractivity contribution in [1.29, 1.82) is 5.26 Å². The number of ether oxygens (including phenoxy) is 1. The molecule has 0 unspecified atom stereocenters. The number of non-ortho nitro benzene ring substituents is 1. The van der Waals surface area contributed by atoms with E-state index in [1.165, 1.54) is 18.2 Å². The molecule has 3 aromatic rings. The average Bonchev–Trinajstić information content (AvgIpc) is 2.79. The highest BCUT2D eigenvalue weighted by atomic mass is 79.9. The van der Waals surface area contributed by atoms with E-state index in [9.17, 15) is 20.2 Å². The predicted octanol–water partition coefficient (Wildman–Crippen LogP) is 6.10. The molecule has 3 rings (SSSR count). The summed E-state index contributed by atoms with van der Waals surface area (Å²) in [6, 6.07) is 18.9. The number of hydrogen-bond acceptors (Lipinski definition) is 5. The highest BCUT2D eigenvalue weighted by molar-refractivity contribution is 9.10. The van der Waals surface area contributed by atoms with E-state index in [4.69, 9.17) is 4.74 Å². The lowest BCUT2D eigenvalue weighted by Gasteiger charge is -2.10. The van der Waals surface area contributed by atoms with E-state index >= 15 is 0 Å². The first-order valence-electron chi connectivity index (χ1n) is 9.93. The minimum atomic E-state index is -0.497. The third-order valence-electron chi connectivity index (χ3n) is 4.91. The first-order chi connectivity index (χ1) is 15.8. The standard InChI is InChI=1S/C25H20BrN3O4/c1-16-6-8-21(10-17(16)2)28-25(30)20(14-27)11-18-7-9-24(23(26)13-18)33-15-19-4-3-5-22(12-19)29(31)32/h3-13H,15H2,1-2H3,(H,28,30)/b20-11+. The Hall–Kier alpha value is -3.96. The van der Waals surface area contributed by atoms with Crippen molar-refractivity contribution in [3.05, 3.63) is 103 Å². The molecule has 7 nitrogen and oxygen atoms in total. The molecule has 0 bridgehead atoms. The molecule has 0 spiro atoms. The van der Waals surface area contributed by atoms with Gasteiger partial charge in [-0.25, -0.2) is 0 Å². The van der Waals surface area contributed by atoms with Gasteiger partial charge in [0.15, 0.2) is 0 Å². The predicted molar refractivity (Wildman–Crippen MR) is 130 cm³/mol. The molecule has 1 N–H and O–H groups in total. The molecule has 0 aliphatic rings. The SMILES string of the molecule is Cc1ccc(NC(=O)/C(C#N)=C/c2ccc(OCc3cccc([N+](=O)[O-])c3)c(Br)c2)cc1C. The van der Waals surface area contributed by atoms with Crippen LogP contribution in [0.5, 0.6) is 5.75 Å². The molecule has 0 atom stereocenters. The second-order valence-electron chi connectivity index (χ2n) is 7.33. The molecular formula is C25H20BrN3O4. The second kappa shape index (κ2) is 10.6. The molecule has 0 aromatic heterocycles. The van der Waals surface area contributed by atoms with Crippen LogP contribution in [0.15, 0.2) is 70.7 Å². The fourth-order valence-corrected chi connectivity index (χ4v) is 3.49. The van der Waals surface area contributed by atoms with Crippen molar-refractivity contribution in [3.63, 3.8) is 0 Å². The second-order valence-corrected chi connectivity index (χ2v) is 8.18. The highest BCUT2D eigenvalue weighted by Gasteiger charge is 2.12. The number of amides is 1. The summed E-state index contributed by atoms with van der Waals surface area (Å²) in [4.78, 5) is 23.0. The number of rotatable bonds is 7. The number of nitro benzene ring substituents is 1. The monoisotopic (exact) mass is 505 g/mol. The Morgan fingerprint density at radius 1 is 1.15 bits per heavy atom. The molecule has 0 saturated heterocycles. The first kappa shape index (κ1) is 23.7. The molecule has 1 amide bonds. The van der Waals surface area contributed by atoms with Gasteiger partial charge in [0.25, 0.3) is 11.6 Å². The van der Waals surface area contributed by atoms with Gasteiger partial charge in [-0.2, -0.15) is 5.26 Å². The van der Waals surface area contributed by atoms with Gasteiger partial charge in [-0.05, 0) is 82.4 Å². The summed E-state index contributed by atoms with van der Waals surface area (Å²) in [7, 11) is 0. The maximum absolute atomic E-state index is 12.5. The Kier molecular flexibility index (Phi) is 7.59. The average molecular weight is 506 g/mol. The number of carbonyl (C=O) groups excluding carboxylic acids is 1. The largest absolute Gasteiger partial charge is 0.488 e. The summed E-state index contributed by atoms with van der Waals surface area (Å²) < 4.78 is 6.38. The number of anilines is 1. The minimum absolute atomic E-state index is 0.00115. The lowest BCUT2D eigenvalue weighted by molar-refractivity contribution is -0.384. The van der Waals surface area contributed by atoms with Crippen LogP contribution in [-0.4, -0.2) is 10.8 Å². The molecular weight excluding hydrogens is 486 g/mol. The number of hydrogen-bond donors (Lipinski definition) is 1. The Balaban J connectivity index is 1.71. The van der Waals surface area contributed by atoms with Gasteiger partial charge in [-0.15, -0.1) is 0 Å². The van der Waals surface area contributed by atoms with Gasteiger partial charge in [0.05, 0.1) is 9.40 Å². The Morgan fingerprint density at radius 2 is 1.94 bits per heavy atom. The molecule has 8 heteroatoms. The number of nitrogens with one attached hydrogen (secondary N) is 1. The van der Waals surface area contributed by atoms with Gasteiger partial charge in [-0.3, -0.25) is 14.9 Å². The van der Waals surface area contributed by atoms with Crippen LogP contribution in [0.1, 0.15) is 22.3 Å². The van der Waals surface area contributed by atoms with Crippen molar-refractivity contribution in [2.75, 3.05) is 5.32 Å². The van der Waals surface area contributed by atoms with E-state index in [1.807, 2.05) is 32.0 Å². The van der Waals surface area contributed by atoms with Gasteiger partial charge in [0, 0.05) is 17.8 Å². The topological polar surface area (TPSA) is 105 Å². The van der Waals surface area contributed by atoms with E-state index < -0.39 is 10.8 Å². The van der Waals surface area contributed by atoms with Crippen LogP contribution >= 0.6 is 15.9 Å². The molecule has 0 fully saturated rings. The maximum atomic E-state index is 12.5. The number of nitriles is 1. The van der Waals surface area contributed by atoms with E-state index in [0.29, 0.717) is 27.0 Å². The zero-order valence-electron chi connectivity index (χ0n) is 18.0. The summed E-state index contributed by atoms with van der Waals surface area (Å²) in [6.07, 6.45) is 1.49. The van der Waals surface area contributed by atoms with Crippen LogP contribution in [0.3, 0.4) is 0 Å². The van der Waals surface area contributed by atoms with Crippen molar-refractivity contribution >= 4 is 39.3 Å². The smallest absolute Gasteiger partial charge is 0.269 e. The molecule has 0 aliphatic carbocycles. The summed E-state index contributed by atoms with van der Waals surface area (Å²) in [5, 5.41) is 23.1. The summed E-state index contributed by atoms with van der Waals surface area (Å²) in [5.74, 6) is 0.0274. The number of benzene rings is 3. The Bertz CT molecular complexity index is 1300. The lowest BCUT2D eigenvalue weighted by Crippen LogP contribution is -2.13. The van der Waals surface area contributed by atoms with Gasteiger partial charge in [0.2, 0.25) is 0 Å². The molecule has 0 aliphatic heterocycles.